The third kappa shape index (κ3) is 6.28. The number of nitro groups is 1. The molecule has 0 saturated heterocycles. The second kappa shape index (κ2) is 10.4. The van der Waals surface area contributed by atoms with Crippen molar-refractivity contribution < 1.29 is 22.9 Å². The van der Waals surface area contributed by atoms with Gasteiger partial charge in [0.2, 0.25) is 10.0 Å². The van der Waals surface area contributed by atoms with Gasteiger partial charge in [-0.3, -0.25) is 14.9 Å². The number of carbonyl (C=O) groups excluding carboxylic acids is 1. The summed E-state index contributed by atoms with van der Waals surface area (Å²) in [5, 5.41) is 13.3. The molecule has 0 atom stereocenters. The number of non-ortho nitro benzene ring substituents is 1. The van der Waals surface area contributed by atoms with Crippen molar-refractivity contribution in [3.05, 3.63) is 93.5 Å². The molecule has 172 valence electrons. The standard InChI is InChI=1S/C22H20ClN3O6S/c1-25(14-16-5-3-2-4-6-16)33(30,31)19-10-7-17(8-11-19)24-22(27)15-32-21-12-9-18(26(28)29)13-20(21)23/h2-13H,14-15H2,1H3,(H,24,27). The Kier molecular flexibility index (Phi) is 7.64. The molecule has 0 heterocycles. The summed E-state index contributed by atoms with van der Waals surface area (Å²) in [7, 11) is -2.21. The molecule has 9 nitrogen and oxygen atoms in total. The first-order valence-corrected chi connectivity index (χ1v) is 11.5. The van der Waals surface area contributed by atoms with Crippen LogP contribution in [0.15, 0.2) is 77.7 Å². The van der Waals surface area contributed by atoms with Gasteiger partial charge in [0.25, 0.3) is 11.6 Å². The topological polar surface area (TPSA) is 119 Å². The first-order valence-electron chi connectivity index (χ1n) is 9.64. The van der Waals surface area contributed by atoms with Crippen LogP contribution < -0.4 is 10.1 Å². The third-order valence-electron chi connectivity index (χ3n) is 4.58. The average Bonchev–Trinajstić information content (AvgIpc) is 2.79. The van der Waals surface area contributed by atoms with Crippen LogP contribution >= 0.6 is 11.6 Å². The lowest BCUT2D eigenvalue weighted by Gasteiger charge is -2.17. The zero-order chi connectivity index (χ0) is 24.0. The number of rotatable bonds is 9. The summed E-state index contributed by atoms with van der Waals surface area (Å²) < 4.78 is 32.1. The summed E-state index contributed by atoms with van der Waals surface area (Å²) in [6.45, 7) is -0.165. The monoisotopic (exact) mass is 489 g/mol. The number of sulfonamides is 1. The molecule has 0 aromatic heterocycles. The van der Waals surface area contributed by atoms with E-state index in [9.17, 15) is 23.3 Å². The van der Waals surface area contributed by atoms with Gasteiger partial charge >= 0.3 is 0 Å². The van der Waals surface area contributed by atoms with Crippen molar-refractivity contribution in [3.63, 3.8) is 0 Å². The smallest absolute Gasteiger partial charge is 0.271 e. The van der Waals surface area contributed by atoms with Crippen LogP contribution in [0.1, 0.15) is 5.56 Å². The normalized spacial score (nSPS) is 11.2. The summed E-state index contributed by atoms with van der Waals surface area (Å²) in [5.74, 6) is -0.387. The van der Waals surface area contributed by atoms with Gasteiger partial charge in [0.1, 0.15) is 5.75 Å². The molecule has 0 radical (unpaired) electrons. The quantitative estimate of drug-likeness (QED) is 0.357. The van der Waals surface area contributed by atoms with Crippen molar-refractivity contribution in [2.75, 3.05) is 19.0 Å². The fourth-order valence-electron chi connectivity index (χ4n) is 2.88. The van der Waals surface area contributed by atoms with Crippen molar-refractivity contribution in [1.29, 1.82) is 0 Å². The van der Waals surface area contributed by atoms with E-state index >= 15 is 0 Å². The number of ether oxygens (including phenoxy) is 1. The number of carbonyl (C=O) groups is 1. The predicted octanol–water partition coefficient (Wildman–Crippen LogP) is 4.09. The predicted molar refractivity (Wildman–Crippen MR) is 124 cm³/mol. The van der Waals surface area contributed by atoms with Crippen molar-refractivity contribution in [2.24, 2.45) is 0 Å². The molecule has 0 aliphatic heterocycles. The summed E-state index contributed by atoms with van der Waals surface area (Å²) in [6.07, 6.45) is 0. The van der Waals surface area contributed by atoms with E-state index in [0.717, 1.165) is 11.6 Å². The molecule has 0 aliphatic carbocycles. The first-order chi connectivity index (χ1) is 15.7. The van der Waals surface area contributed by atoms with Crippen LogP contribution in [0.25, 0.3) is 0 Å². The highest BCUT2D eigenvalue weighted by atomic mass is 35.5. The molecule has 3 rings (SSSR count). The van der Waals surface area contributed by atoms with E-state index in [1.165, 1.54) is 47.8 Å². The Morgan fingerprint density at radius 3 is 2.36 bits per heavy atom. The zero-order valence-corrected chi connectivity index (χ0v) is 19.0. The Morgan fingerprint density at radius 2 is 1.76 bits per heavy atom. The van der Waals surface area contributed by atoms with Gasteiger partial charge in [-0.25, -0.2) is 8.42 Å². The van der Waals surface area contributed by atoms with Crippen LogP contribution in [0.4, 0.5) is 11.4 Å². The van der Waals surface area contributed by atoms with Crippen molar-refractivity contribution in [1.82, 2.24) is 4.31 Å². The fraction of sp³-hybridized carbons (Fsp3) is 0.136. The second-order valence-electron chi connectivity index (χ2n) is 6.98. The Balaban J connectivity index is 1.58. The summed E-state index contributed by atoms with van der Waals surface area (Å²) in [6, 6.07) is 18.6. The van der Waals surface area contributed by atoms with Crippen LogP contribution in [0, 0.1) is 10.1 Å². The molecule has 0 saturated carbocycles. The summed E-state index contributed by atoms with van der Waals surface area (Å²) >= 11 is 5.93. The molecular formula is C22H20ClN3O6S. The molecule has 3 aromatic carbocycles. The maximum atomic E-state index is 12.8. The zero-order valence-electron chi connectivity index (χ0n) is 17.5. The molecule has 11 heteroatoms. The molecule has 1 amide bonds. The number of hydrogen-bond donors (Lipinski definition) is 1. The highest BCUT2D eigenvalue weighted by molar-refractivity contribution is 7.89. The second-order valence-corrected chi connectivity index (χ2v) is 9.43. The van der Waals surface area contributed by atoms with Crippen LogP contribution in [-0.4, -0.2) is 37.2 Å². The third-order valence-corrected chi connectivity index (χ3v) is 6.69. The molecule has 0 aliphatic rings. The van der Waals surface area contributed by atoms with Gasteiger partial charge in [-0.1, -0.05) is 41.9 Å². The molecule has 3 aromatic rings. The van der Waals surface area contributed by atoms with Gasteiger partial charge in [-0.2, -0.15) is 4.31 Å². The number of benzene rings is 3. The minimum atomic E-state index is -3.71. The maximum Gasteiger partial charge on any atom is 0.271 e. The number of nitrogens with one attached hydrogen (secondary N) is 1. The SMILES string of the molecule is CN(Cc1ccccc1)S(=O)(=O)c1ccc(NC(=O)COc2ccc([N+](=O)[O-])cc2Cl)cc1. The van der Waals surface area contributed by atoms with E-state index in [2.05, 4.69) is 5.32 Å². The van der Waals surface area contributed by atoms with Crippen LogP contribution in [0.5, 0.6) is 5.75 Å². The van der Waals surface area contributed by atoms with E-state index in [1.807, 2.05) is 30.3 Å². The number of anilines is 1. The molecule has 1 N–H and O–H groups in total. The molecular weight excluding hydrogens is 470 g/mol. The van der Waals surface area contributed by atoms with E-state index in [1.54, 1.807) is 0 Å². The lowest BCUT2D eigenvalue weighted by Crippen LogP contribution is -2.26. The maximum absolute atomic E-state index is 12.8. The number of halogens is 1. The fourth-order valence-corrected chi connectivity index (χ4v) is 4.26. The summed E-state index contributed by atoms with van der Waals surface area (Å²) in [4.78, 5) is 22.4. The first kappa shape index (κ1) is 24.2. The highest BCUT2D eigenvalue weighted by Crippen LogP contribution is 2.28. The van der Waals surface area contributed by atoms with Crippen molar-refractivity contribution in [3.8, 4) is 5.75 Å². The van der Waals surface area contributed by atoms with Crippen LogP contribution in [0.2, 0.25) is 5.02 Å². The van der Waals surface area contributed by atoms with Gasteiger partial charge in [0.15, 0.2) is 6.61 Å². The lowest BCUT2D eigenvalue weighted by molar-refractivity contribution is -0.384. The molecule has 33 heavy (non-hydrogen) atoms. The Labute approximate surface area is 195 Å². The van der Waals surface area contributed by atoms with E-state index in [4.69, 9.17) is 16.3 Å². The minimum absolute atomic E-state index is 0.00572. The number of nitrogens with zero attached hydrogens (tertiary/aromatic N) is 2. The Morgan fingerprint density at radius 1 is 1.09 bits per heavy atom. The summed E-state index contributed by atoms with van der Waals surface area (Å²) in [5.41, 5.74) is 1.05. The number of hydrogen-bond acceptors (Lipinski definition) is 6. The average molecular weight is 490 g/mol. The van der Waals surface area contributed by atoms with Crippen molar-refractivity contribution >= 4 is 38.9 Å². The minimum Gasteiger partial charge on any atom is -0.482 e. The number of nitro benzene ring substituents is 1. The largest absolute Gasteiger partial charge is 0.482 e. The van der Waals surface area contributed by atoms with Gasteiger partial charge < -0.3 is 10.1 Å². The van der Waals surface area contributed by atoms with Gasteiger partial charge in [-0.05, 0) is 35.9 Å². The number of amides is 1. The van der Waals surface area contributed by atoms with E-state index in [0.29, 0.717) is 5.69 Å². The van der Waals surface area contributed by atoms with Crippen molar-refractivity contribution in [2.45, 2.75) is 11.4 Å². The Hall–Kier alpha value is -3.47. The molecule has 0 spiro atoms. The molecule has 0 bridgehead atoms. The lowest BCUT2D eigenvalue weighted by atomic mass is 10.2. The van der Waals surface area contributed by atoms with Crippen LogP contribution in [-0.2, 0) is 21.4 Å². The van der Waals surface area contributed by atoms with Crippen LogP contribution in [0.3, 0.4) is 0 Å². The van der Waals surface area contributed by atoms with E-state index < -0.39 is 27.5 Å². The van der Waals surface area contributed by atoms with Gasteiger partial charge in [0.05, 0.1) is 14.8 Å². The van der Waals surface area contributed by atoms with Gasteiger partial charge in [-0.15, -0.1) is 0 Å². The molecule has 0 unspecified atom stereocenters. The molecule has 0 fully saturated rings. The highest BCUT2D eigenvalue weighted by Gasteiger charge is 2.21. The van der Waals surface area contributed by atoms with E-state index in [-0.39, 0.29) is 27.9 Å². The Bertz CT molecular complexity index is 1250. The van der Waals surface area contributed by atoms with Gasteiger partial charge in [0, 0.05) is 31.4 Å².